The van der Waals surface area contributed by atoms with Gasteiger partial charge in [0.25, 0.3) is 0 Å². The van der Waals surface area contributed by atoms with Crippen LogP contribution in [0.5, 0.6) is 11.5 Å². The molecular formula is C16H17FN2O2. The van der Waals surface area contributed by atoms with Gasteiger partial charge >= 0.3 is 0 Å². The van der Waals surface area contributed by atoms with Gasteiger partial charge in [-0.1, -0.05) is 18.2 Å². The molecule has 1 heterocycles. The lowest BCUT2D eigenvalue weighted by Crippen LogP contribution is -2.30. The summed E-state index contributed by atoms with van der Waals surface area (Å²) < 4.78 is 25.0. The van der Waals surface area contributed by atoms with Gasteiger partial charge in [-0.2, -0.15) is 0 Å². The third-order valence-electron chi connectivity index (χ3n) is 3.74. The zero-order valence-corrected chi connectivity index (χ0v) is 11.7. The molecule has 110 valence electrons. The minimum atomic E-state index is -0.480. The van der Waals surface area contributed by atoms with Crippen LogP contribution in [0.15, 0.2) is 36.4 Å². The molecule has 1 unspecified atom stereocenters. The molecule has 0 saturated carbocycles. The largest absolute Gasteiger partial charge is 0.496 e. The molecule has 1 atom stereocenters. The van der Waals surface area contributed by atoms with Gasteiger partial charge in [-0.3, -0.25) is 5.84 Å². The highest BCUT2D eigenvalue weighted by atomic mass is 19.1. The summed E-state index contributed by atoms with van der Waals surface area (Å²) in [4.78, 5) is 0. The first-order chi connectivity index (χ1) is 10.2. The predicted molar refractivity (Wildman–Crippen MR) is 77.8 cm³/mol. The molecule has 0 aliphatic carbocycles. The minimum Gasteiger partial charge on any atom is -0.496 e. The summed E-state index contributed by atoms with van der Waals surface area (Å²) >= 11 is 0. The van der Waals surface area contributed by atoms with Gasteiger partial charge in [0, 0.05) is 6.42 Å². The molecule has 1 aliphatic heterocycles. The number of fused-ring (bicyclic) bond motifs is 1. The molecule has 0 saturated heterocycles. The minimum absolute atomic E-state index is 0.353. The number of hydrazine groups is 1. The van der Waals surface area contributed by atoms with Gasteiger partial charge in [-0.25, -0.2) is 9.82 Å². The third-order valence-corrected chi connectivity index (χ3v) is 3.74. The Labute approximate surface area is 122 Å². The van der Waals surface area contributed by atoms with Crippen molar-refractivity contribution < 1.29 is 13.9 Å². The quantitative estimate of drug-likeness (QED) is 0.669. The SMILES string of the molecule is COc1cccc(F)c1C(NN)c1ccc2c(c1)CCO2. The summed E-state index contributed by atoms with van der Waals surface area (Å²) in [5, 5.41) is 0. The average Bonchev–Trinajstić information content (AvgIpc) is 2.97. The van der Waals surface area contributed by atoms with E-state index in [1.165, 1.54) is 13.2 Å². The lowest BCUT2D eigenvalue weighted by Gasteiger charge is -2.20. The van der Waals surface area contributed by atoms with E-state index in [0.29, 0.717) is 17.9 Å². The van der Waals surface area contributed by atoms with Gasteiger partial charge in [-0.15, -0.1) is 0 Å². The molecular weight excluding hydrogens is 271 g/mol. The average molecular weight is 288 g/mol. The maximum absolute atomic E-state index is 14.2. The van der Waals surface area contributed by atoms with Gasteiger partial charge in [0.2, 0.25) is 0 Å². The van der Waals surface area contributed by atoms with Gasteiger partial charge < -0.3 is 9.47 Å². The van der Waals surface area contributed by atoms with Gasteiger partial charge in [-0.05, 0) is 29.3 Å². The maximum Gasteiger partial charge on any atom is 0.132 e. The molecule has 3 N–H and O–H groups in total. The molecule has 0 amide bonds. The van der Waals surface area contributed by atoms with E-state index < -0.39 is 6.04 Å². The zero-order chi connectivity index (χ0) is 14.8. The molecule has 0 radical (unpaired) electrons. The number of halogens is 1. The fourth-order valence-corrected chi connectivity index (χ4v) is 2.71. The van der Waals surface area contributed by atoms with Gasteiger partial charge in [0.15, 0.2) is 0 Å². The summed E-state index contributed by atoms with van der Waals surface area (Å²) in [5.41, 5.74) is 5.08. The Morgan fingerprint density at radius 3 is 2.95 bits per heavy atom. The lowest BCUT2D eigenvalue weighted by atomic mass is 9.96. The number of rotatable bonds is 4. The second-order valence-corrected chi connectivity index (χ2v) is 4.92. The molecule has 4 nitrogen and oxygen atoms in total. The van der Waals surface area contributed by atoms with Crippen molar-refractivity contribution >= 4 is 0 Å². The van der Waals surface area contributed by atoms with E-state index >= 15 is 0 Å². The zero-order valence-electron chi connectivity index (χ0n) is 11.7. The summed E-state index contributed by atoms with van der Waals surface area (Å²) in [5.74, 6) is 6.67. The highest BCUT2D eigenvalue weighted by molar-refractivity contribution is 5.46. The fraction of sp³-hybridized carbons (Fsp3) is 0.250. The first-order valence-corrected chi connectivity index (χ1v) is 6.78. The van der Waals surface area contributed by atoms with Crippen LogP contribution in [0, 0.1) is 5.82 Å². The summed E-state index contributed by atoms with van der Waals surface area (Å²) in [7, 11) is 1.52. The van der Waals surface area contributed by atoms with Crippen molar-refractivity contribution in [1.82, 2.24) is 5.43 Å². The Kier molecular flexibility index (Phi) is 3.77. The third kappa shape index (κ3) is 2.46. The van der Waals surface area contributed by atoms with E-state index in [-0.39, 0.29) is 5.82 Å². The van der Waals surface area contributed by atoms with E-state index in [0.717, 1.165) is 23.3 Å². The smallest absolute Gasteiger partial charge is 0.132 e. The van der Waals surface area contributed by atoms with Crippen molar-refractivity contribution in [2.24, 2.45) is 5.84 Å². The molecule has 2 aromatic rings. The van der Waals surface area contributed by atoms with Crippen molar-refractivity contribution in [3.63, 3.8) is 0 Å². The monoisotopic (exact) mass is 288 g/mol. The van der Waals surface area contributed by atoms with Crippen LogP contribution in [0.2, 0.25) is 0 Å². The molecule has 0 aromatic heterocycles. The Bertz CT molecular complexity index is 661. The first-order valence-electron chi connectivity index (χ1n) is 6.78. The van der Waals surface area contributed by atoms with Crippen LogP contribution in [0.1, 0.15) is 22.7 Å². The molecule has 0 spiro atoms. The normalized spacial score (nSPS) is 14.4. The molecule has 1 aliphatic rings. The molecule has 5 heteroatoms. The molecule has 0 bridgehead atoms. The van der Waals surface area contributed by atoms with Crippen molar-refractivity contribution in [2.75, 3.05) is 13.7 Å². The van der Waals surface area contributed by atoms with Gasteiger partial charge in [0.1, 0.15) is 17.3 Å². The van der Waals surface area contributed by atoms with Crippen LogP contribution in [0.25, 0.3) is 0 Å². The van der Waals surface area contributed by atoms with Crippen molar-refractivity contribution in [3.8, 4) is 11.5 Å². The number of nitrogens with one attached hydrogen (secondary N) is 1. The molecule has 0 fully saturated rings. The standard InChI is InChI=1S/C16H17FN2O2/c1-20-14-4-2-3-12(17)15(14)16(19-18)11-5-6-13-10(9-11)7-8-21-13/h2-6,9,16,19H,7-8,18H2,1H3. The Morgan fingerprint density at radius 1 is 1.33 bits per heavy atom. The van der Waals surface area contributed by atoms with E-state index in [1.54, 1.807) is 12.1 Å². The number of nitrogens with two attached hydrogens (primary N) is 1. The van der Waals surface area contributed by atoms with Gasteiger partial charge in [0.05, 0.1) is 25.3 Å². The number of hydrogen-bond donors (Lipinski definition) is 2. The second kappa shape index (κ2) is 5.71. The van der Waals surface area contributed by atoms with E-state index in [1.807, 2.05) is 18.2 Å². The van der Waals surface area contributed by atoms with Crippen molar-refractivity contribution in [1.29, 1.82) is 0 Å². The molecule has 2 aromatic carbocycles. The Balaban J connectivity index is 2.07. The second-order valence-electron chi connectivity index (χ2n) is 4.92. The first kappa shape index (κ1) is 13.9. The fourth-order valence-electron chi connectivity index (χ4n) is 2.71. The van der Waals surface area contributed by atoms with Crippen LogP contribution in [-0.2, 0) is 6.42 Å². The molecule has 21 heavy (non-hydrogen) atoms. The summed E-state index contributed by atoms with van der Waals surface area (Å²) in [6, 6.07) is 10.0. The summed E-state index contributed by atoms with van der Waals surface area (Å²) in [6.45, 7) is 0.683. The highest BCUT2D eigenvalue weighted by Crippen LogP contribution is 2.34. The van der Waals surface area contributed by atoms with E-state index in [2.05, 4.69) is 5.43 Å². The van der Waals surface area contributed by atoms with Crippen LogP contribution < -0.4 is 20.7 Å². The topological polar surface area (TPSA) is 56.5 Å². The van der Waals surface area contributed by atoms with Crippen LogP contribution >= 0.6 is 0 Å². The van der Waals surface area contributed by atoms with Crippen LogP contribution in [-0.4, -0.2) is 13.7 Å². The number of hydrogen-bond acceptors (Lipinski definition) is 4. The van der Waals surface area contributed by atoms with Crippen molar-refractivity contribution in [2.45, 2.75) is 12.5 Å². The Hall–Kier alpha value is -2.11. The highest BCUT2D eigenvalue weighted by Gasteiger charge is 2.23. The van der Waals surface area contributed by atoms with Crippen molar-refractivity contribution in [3.05, 3.63) is 58.9 Å². The van der Waals surface area contributed by atoms with Crippen LogP contribution in [0.3, 0.4) is 0 Å². The van der Waals surface area contributed by atoms with E-state index in [9.17, 15) is 4.39 Å². The Morgan fingerprint density at radius 2 is 2.19 bits per heavy atom. The predicted octanol–water partition coefficient (Wildman–Crippen LogP) is 2.32. The summed E-state index contributed by atoms with van der Waals surface area (Å²) in [6.07, 6.45) is 0.856. The number of ether oxygens (including phenoxy) is 2. The van der Waals surface area contributed by atoms with E-state index in [4.69, 9.17) is 15.3 Å². The maximum atomic E-state index is 14.2. The van der Waals surface area contributed by atoms with Crippen LogP contribution in [0.4, 0.5) is 4.39 Å². The number of methoxy groups -OCH3 is 1. The number of benzene rings is 2. The molecule has 3 rings (SSSR count). The lowest BCUT2D eigenvalue weighted by molar-refractivity contribution is 0.356.